The Morgan fingerprint density at radius 1 is 1.18 bits per heavy atom. The van der Waals surface area contributed by atoms with Gasteiger partial charge in [0.2, 0.25) is 0 Å². The van der Waals surface area contributed by atoms with E-state index in [1.54, 1.807) is 12.1 Å². The summed E-state index contributed by atoms with van der Waals surface area (Å²) < 4.78 is 17.2. The number of carbonyl (C=O) groups is 1. The van der Waals surface area contributed by atoms with E-state index >= 15 is 0 Å². The van der Waals surface area contributed by atoms with Crippen LogP contribution in [0.25, 0.3) is 0 Å². The standard InChI is InChI=1S/C22H22ClNO4/c1-14-9-17(3-4-19(14)23)28-13-16(25)11-20-18-12-22-21(26-7-2-8-27-22)10-15(18)5-6-24-20/h3-4,9-10,12H,2,5-8,11,13H2,1H3. The van der Waals surface area contributed by atoms with Crippen LogP contribution in [-0.4, -0.2) is 37.9 Å². The lowest BCUT2D eigenvalue weighted by Gasteiger charge is -2.19. The Labute approximate surface area is 169 Å². The van der Waals surface area contributed by atoms with Crippen molar-refractivity contribution in [1.82, 2.24) is 0 Å². The van der Waals surface area contributed by atoms with Crippen LogP contribution in [0, 0.1) is 6.92 Å². The van der Waals surface area contributed by atoms with Gasteiger partial charge in [-0.1, -0.05) is 11.6 Å². The predicted molar refractivity (Wildman–Crippen MR) is 108 cm³/mol. The molecule has 28 heavy (non-hydrogen) atoms. The lowest BCUT2D eigenvalue weighted by Crippen LogP contribution is -2.20. The minimum atomic E-state index is -0.0219. The van der Waals surface area contributed by atoms with E-state index in [1.165, 1.54) is 0 Å². The van der Waals surface area contributed by atoms with Crippen molar-refractivity contribution in [1.29, 1.82) is 0 Å². The Balaban J connectivity index is 1.45. The molecular formula is C22H22ClNO4. The summed E-state index contributed by atoms with van der Waals surface area (Å²) in [7, 11) is 0. The number of halogens is 1. The van der Waals surface area contributed by atoms with Gasteiger partial charge < -0.3 is 14.2 Å². The first-order valence-electron chi connectivity index (χ1n) is 9.47. The number of benzene rings is 2. The molecule has 0 radical (unpaired) electrons. The third-order valence-corrected chi connectivity index (χ3v) is 5.29. The summed E-state index contributed by atoms with van der Waals surface area (Å²) in [5.74, 6) is 2.12. The molecule has 0 spiro atoms. The lowest BCUT2D eigenvalue weighted by molar-refractivity contribution is -0.119. The van der Waals surface area contributed by atoms with Crippen molar-refractivity contribution in [3.63, 3.8) is 0 Å². The predicted octanol–water partition coefficient (Wildman–Crippen LogP) is 4.19. The molecule has 5 nitrogen and oxygen atoms in total. The van der Waals surface area contributed by atoms with E-state index < -0.39 is 0 Å². The fourth-order valence-electron chi connectivity index (χ4n) is 3.38. The number of ketones is 1. The van der Waals surface area contributed by atoms with Crippen molar-refractivity contribution in [2.24, 2.45) is 4.99 Å². The SMILES string of the molecule is Cc1cc(OCC(=O)CC2=NCCc3cc4c(cc32)OCCCO4)ccc1Cl. The maximum Gasteiger partial charge on any atom is 0.176 e. The average Bonchev–Trinajstić information content (AvgIpc) is 2.92. The van der Waals surface area contributed by atoms with Gasteiger partial charge in [-0.25, -0.2) is 0 Å². The summed E-state index contributed by atoms with van der Waals surface area (Å²) in [4.78, 5) is 17.1. The summed E-state index contributed by atoms with van der Waals surface area (Å²) in [5, 5.41) is 0.678. The molecule has 2 aromatic rings. The Morgan fingerprint density at radius 3 is 2.75 bits per heavy atom. The maximum absolute atomic E-state index is 12.5. The maximum atomic E-state index is 12.5. The smallest absolute Gasteiger partial charge is 0.176 e. The van der Waals surface area contributed by atoms with Gasteiger partial charge in [-0.2, -0.15) is 0 Å². The third kappa shape index (κ3) is 4.14. The van der Waals surface area contributed by atoms with Crippen molar-refractivity contribution in [3.8, 4) is 17.2 Å². The number of ether oxygens (including phenoxy) is 3. The molecule has 0 fully saturated rings. The number of rotatable bonds is 5. The number of carbonyl (C=O) groups excluding carboxylic acids is 1. The van der Waals surface area contributed by atoms with E-state index in [-0.39, 0.29) is 18.8 Å². The summed E-state index contributed by atoms with van der Waals surface area (Å²) >= 11 is 6.02. The number of hydrogen-bond acceptors (Lipinski definition) is 5. The minimum absolute atomic E-state index is 0.0000223. The van der Waals surface area contributed by atoms with E-state index in [0.717, 1.165) is 46.7 Å². The molecule has 146 valence electrons. The molecule has 0 unspecified atom stereocenters. The van der Waals surface area contributed by atoms with E-state index in [0.29, 0.717) is 30.5 Å². The minimum Gasteiger partial charge on any atom is -0.490 e. The summed E-state index contributed by atoms with van der Waals surface area (Å²) in [6, 6.07) is 9.36. The van der Waals surface area contributed by atoms with Crippen LogP contribution in [0.2, 0.25) is 5.02 Å². The van der Waals surface area contributed by atoms with Crippen LogP contribution in [0.15, 0.2) is 35.3 Å². The first-order chi connectivity index (χ1) is 13.6. The molecular weight excluding hydrogens is 378 g/mol. The number of Topliss-reactive ketones (excluding diaryl/α,β-unsaturated/α-hetero) is 1. The molecule has 0 N–H and O–H groups in total. The van der Waals surface area contributed by atoms with Crippen molar-refractivity contribution < 1.29 is 19.0 Å². The topological polar surface area (TPSA) is 57.1 Å². The van der Waals surface area contributed by atoms with Gasteiger partial charge in [-0.3, -0.25) is 9.79 Å². The molecule has 0 amide bonds. The Hall–Kier alpha value is -2.53. The molecule has 4 rings (SSSR count). The highest BCUT2D eigenvalue weighted by molar-refractivity contribution is 6.31. The van der Waals surface area contributed by atoms with E-state index in [4.69, 9.17) is 25.8 Å². The summed E-state index contributed by atoms with van der Waals surface area (Å²) in [6.07, 6.45) is 1.93. The number of nitrogens with zero attached hydrogens (tertiary/aromatic N) is 1. The molecule has 0 aromatic heterocycles. The number of fused-ring (bicyclic) bond motifs is 2. The second kappa shape index (κ2) is 8.23. The molecule has 0 atom stereocenters. The second-order valence-corrected chi connectivity index (χ2v) is 7.41. The first-order valence-corrected chi connectivity index (χ1v) is 9.85. The molecule has 6 heteroatoms. The quantitative estimate of drug-likeness (QED) is 0.756. The average molecular weight is 400 g/mol. The van der Waals surface area contributed by atoms with Crippen molar-refractivity contribution in [2.45, 2.75) is 26.2 Å². The third-order valence-electron chi connectivity index (χ3n) is 4.86. The van der Waals surface area contributed by atoms with E-state index in [9.17, 15) is 4.79 Å². The molecule has 0 aliphatic carbocycles. The van der Waals surface area contributed by atoms with Crippen LogP contribution in [0.4, 0.5) is 0 Å². The van der Waals surface area contributed by atoms with Crippen LogP contribution in [0.5, 0.6) is 17.2 Å². The molecule has 0 saturated heterocycles. The van der Waals surface area contributed by atoms with Crippen LogP contribution in [0.1, 0.15) is 29.5 Å². The second-order valence-electron chi connectivity index (χ2n) is 7.00. The van der Waals surface area contributed by atoms with Gasteiger partial charge >= 0.3 is 0 Å². The van der Waals surface area contributed by atoms with Gasteiger partial charge in [0.25, 0.3) is 0 Å². The molecule has 0 saturated carbocycles. The van der Waals surface area contributed by atoms with Gasteiger partial charge in [-0.05, 0) is 54.8 Å². The van der Waals surface area contributed by atoms with Crippen molar-refractivity contribution >= 4 is 23.1 Å². The largest absolute Gasteiger partial charge is 0.490 e. The lowest BCUT2D eigenvalue weighted by atomic mass is 9.94. The summed E-state index contributed by atoms with van der Waals surface area (Å²) in [6.45, 7) is 3.87. The summed E-state index contributed by atoms with van der Waals surface area (Å²) in [5.41, 5.74) is 3.83. The molecule has 0 bridgehead atoms. The Bertz CT molecular complexity index is 938. The van der Waals surface area contributed by atoms with Crippen LogP contribution >= 0.6 is 11.6 Å². The van der Waals surface area contributed by atoms with Gasteiger partial charge in [0, 0.05) is 29.3 Å². The molecule has 2 aliphatic heterocycles. The van der Waals surface area contributed by atoms with Gasteiger partial charge in [0.05, 0.1) is 19.6 Å². The highest BCUT2D eigenvalue weighted by Crippen LogP contribution is 2.35. The Kier molecular flexibility index (Phi) is 5.53. The highest BCUT2D eigenvalue weighted by Gasteiger charge is 2.22. The zero-order valence-electron chi connectivity index (χ0n) is 15.8. The number of aryl methyl sites for hydroxylation is 1. The van der Waals surface area contributed by atoms with Crippen LogP contribution < -0.4 is 14.2 Å². The zero-order chi connectivity index (χ0) is 19.5. The molecule has 2 aliphatic rings. The van der Waals surface area contributed by atoms with Gasteiger partial charge in [-0.15, -0.1) is 0 Å². The molecule has 2 aromatic carbocycles. The fourth-order valence-corrected chi connectivity index (χ4v) is 3.50. The first kappa shape index (κ1) is 18.8. The van der Waals surface area contributed by atoms with Crippen molar-refractivity contribution in [2.75, 3.05) is 26.4 Å². The van der Waals surface area contributed by atoms with Crippen molar-refractivity contribution in [3.05, 3.63) is 52.0 Å². The Morgan fingerprint density at radius 2 is 1.96 bits per heavy atom. The highest BCUT2D eigenvalue weighted by atomic mass is 35.5. The fraction of sp³-hybridized carbons (Fsp3) is 0.364. The van der Waals surface area contributed by atoms with Crippen LogP contribution in [0.3, 0.4) is 0 Å². The number of aliphatic imine (C=N–C) groups is 1. The molecule has 2 heterocycles. The zero-order valence-corrected chi connectivity index (χ0v) is 16.6. The van der Waals surface area contributed by atoms with E-state index in [2.05, 4.69) is 4.99 Å². The van der Waals surface area contributed by atoms with Gasteiger partial charge in [0.1, 0.15) is 12.4 Å². The van der Waals surface area contributed by atoms with Gasteiger partial charge in [0.15, 0.2) is 17.3 Å². The van der Waals surface area contributed by atoms with E-state index in [1.807, 2.05) is 25.1 Å². The van der Waals surface area contributed by atoms with Crippen LogP contribution in [-0.2, 0) is 11.2 Å². The normalized spacial score (nSPS) is 15.3. The monoisotopic (exact) mass is 399 g/mol. The number of hydrogen-bond donors (Lipinski definition) is 0.